The van der Waals surface area contributed by atoms with Gasteiger partial charge in [-0.25, -0.2) is 0 Å². The molecule has 0 N–H and O–H groups in total. The Kier molecular flexibility index (Phi) is 4.94. The molecule has 4 heterocycles. The normalized spacial score (nSPS) is 25.1. The van der Waals surface area contributed by atoms with Crippen LogP contribution < -0.4 is 0 Å². The number of nitrogens with zero attached hydrogens (tertiary/aromatic N) is 4. The number of carbonyl (C=O) groups is 1. The van der Waals surface area contributed by atoms with Crippen molar-refractivity contribution >= 4 is 5.91 Å². The molecule has 0 radical (unpaired) electrons. The first-order valence-corrected chi connectivity index (χ1v) is 11.2. The molecule has 2 saturated heterocycles. The number of aryl methyl sites for hydroxylation is 1. The number of rotatable bonds is 3. The lowest BCUT2D eigenvalue weighted by molar-refractivity contribution is -0.132. The molecule has 1 atom stereocenters. The number of amides is 1. The molecule has 154 valence electrons. The van der Waals surface area contributed by atoms with Crippen molar-refractivity contribution in [2.45, 2.75) is 57.0 Å². The average Bonchev–Trinajstić information content (AvgIpc) is 3.19. The van der Waals surface area contributed by atoms with Crippen LogP contribution in [0.1, 0.15) is 67.0 Å². The van der Waals surface area contributed by atoms with Crippen molar-refractivity contribution < 1.29 is 4.79 Å². The second-order valence-corrected chi connectivity index (χ2v) is 9.31. The highest BCUT2D eigenvalue weighted by molar-refractivity contribution is 5.92. The monoisotopic (exact) mass is 392 g/mol. The molecule has 1 saturated carbocycles. The number of hydrogen-bond donors (Lipinski definition) is 0. The fourth-order valence-corrected chi connectivity index (χ4v) is 6.14. The van der Waals surface area contributed by atoms with Gasteiger partial charge in [0.2, 0.25) is 0 Å². The lowest BCUT2D eigenvalue weighted by Gasteiger charge is -2.63. The van der Waals surface area contributed by atoms with Gasteiger partial charge in [0, 0.05) is 62.8 Å². The van der Waals surface area contributed by atoms with Crippen molar-refractivity contribution in [2.75, 3.05) is 19.6 Å². The fourth-order valence-electron chi connectivity index (χ4n) is 6.14. The molecule has 5 heteroatoms. The van der Waals surface area contributed by atoms with Gasteiger partial charge in [0.15, 0.2) is 0 Å². The maximum Gasteiger partial charge on any atom is 0.270 e. The SMILES string of the molecule is Cn1cccc1C(=O)N1CCC(N2CC3(CCCCC3)C2c2ccncc2)CC1. The van der Waals surface area contributed by atoms with Gasteiger partial charge in [-0.05, 0) is 55.5 Å². The number of pyridine rings is 1. The number of hydrogen-bond acceptors (Lipinski definition) is 3. The van der Waals surface area contributed by atoms with Crippen LogP contribution in [0.5, 0.6) is 0 Å². The van der Waals surface area contributed by atoms with E-state index < -0.39 is 0 Å². The van der Waals surface area contributed by atoms with E-state index in [1.165, 1.54) is 44.2 Å². The summed E-state index contributed by atoms with van der Waals surface area (Å²) in [5.41, 5.74) is 2.70. The lowest BCUT2D eigenvalue weighted by atomic mass is 9.60. The summed E-state index contributed by atoms with van der Waals surface area (Å²) in [6, 6.07) is 9.44. The molecule has 0 aromatic carbocycles. The minimum atomic E-state index is 0.175. The van der Waals surface area contributed by atoms with E-state index in [2.05, 4.69) is 22.0 Å². The summed E-state index contributed by atoms with van der Waals surface area (Å²) in [5.74, 6) is 0.175. The highest BCUT2D eigenvalue weighted by Gasteiger charge is 2.55. The molecule has 2 aliphatic heterocycles. The molecule has 5 nitrogen and oxygen atoms in total. The topological polar surface area (TPSA) is 41.4 Å². The van der Waals surface area contributed by atoms with Crippen molar-refractivity contribution in [3.63, 3.8) is 0 Å². The van der Waals surface area contributed by atoms with Gasteiger partial charge in [0.05, 0.1) is 0 Å². The molecule has 0 bridgehead atoms. The number of aromatic nitrogens is 2. The van der Waals surface area contributed by atoms with Crippen molar-refractivity contribution in [2.24, 2.45) is 12.5 Å². The smallest absolute Gasteiger partial charge is 0.270 e. The standard InChI is InChI=1S/C24H32N4O/c1-26-15-5-6-21(26)23(29)27-16-9-20(10-17-27)28-18-24(11-3-2-4-12-24)22(28)19-7-13-25-14-8-19/h5-8,13-15,20,22H,2-4,9-12,16-18H2,1H3. The van der Waals surface area contributed by atoms with Crippen LogP contribution in [0.3, 0.4) is 0 Å². The number of carbonyl (C=O) groups excluding carboxylic acids is 1. The summed E-state index contributed by atoms with van der Waals surface area (Å²) in [6.45, 7) is 2.96. The zero-order chi connectivity index (χ0) is 19.8. The fraction of sp³-hybridized carbons (Fsp3) is 0.583. The zero-order valence-electron chi connectivity index (χ0n) is 17.5. The third-order valence-corrected chi connectivity index (χ3v) is 7.66. The molecule has 5 rings (SSSR count). The highest BCUT2D eigenvalue weighted by atomic mass is 16.2. The van der Waals surface area contributed by atoms with Crippen molar-refractivity contribution in [3.05, 3.63) is 54.1 Å². The van der Waals surface area contributed by atoms with E-state index in [1.807, 2.05) is 47.2 Å². The largest absolute Gasteiger partial charge is 0.347 e. The Morgan fingerprint density at radius 1 is 1.07 bits per heavy atom. The van der Waals surface area contributed by atoms with Gasteiger partial charge < -0.3 is 9.47 Å². The molecule has 3 aliphatic rings. The Balaban J connectivity index is 1.29. The van der Waals surface area contributed by atoms with Crippen LogP contribution in [0.4, 0.5) is 0 Å². The molecule has 3 fully saturated rings. The van der Waals surface area contributed by atoms with E-state index >= 15 is 0 Å². The third kappa shape index (κ3) is 3.29. The van der Waals surface area contributed by atoms with Crippen molar-refractivity contribution in [1.29, 1.82) is 0 Å². The lowest BCUT2D eigenvalue weighted by Crippen LogP contribution is -2.63. The van der Waals surface area contributed by atoms with Crippen LogP contribution in [-0.4, -0.2) is 50.9 Å². The Hall–Kier alpha value is -2.14. The Morgan fingerprint density at radius 3 is 2.45 bits per heavy atom. The van der Waals surface area contributed by atoms with E-state index in [1.54, 1.807) is 0 Å². The number of piperidine rings is 1. The zero-order valence-corrected chi connectivity index (χ0v) is 17.5. The predicted octanol–water partition coefficient (Wildman–Crippen LogP) is 4.03. The van der Waals surface area contributed by atoms with E-state index in [9.17, 15) is 4.79 Å². The molecule has 2 aromatic rings. The first-order valence-electron chi connectivity index (χ1n) is 11.2. The van der Waals surface area contributed by atoms with Gasteiger partial charge in [-0.15, -0.1) is 0 Å². The van der Waals surface area contributed by atoms with Crippen LogP contribution in [-0.2, 0) is 7.05 Å². The first kappa shape index (κ1) is 18.9. The minimum absolute atomic E-state index is 0.175. The highest BCUT2D eigenvalue weighted by Crippen LogP contribution is 2.58. The van der Waals surface area contributed by atoms with E-state index in [0.29, 0.717) is 17.5 Å². The van der Waals surface area contributed by atoms with Crippen LogP contribution in [0.2, 0.25) is 0 Å². The Morgan fingerprint density at radius 2 is 1.79 bits per heavy atom. The summed E-state index contributed by atoms with van der Waals surface area (Å²) in [7, 11) is 1.95. The first-order chi connectivity index (χ1) is 14.2. The molecular formula is C24H32N4O. The van der Waals surface area contributed by atoms with Crippen LogP contribution >= 0.6 is 0 Å². The van der Waals surface area contributed by atoms with E-state index in [-0.39, 0.29) is 5.91 Å². The van der Waals surface area contributed by atoms with Gasteiger partial charge in [-0.1, -0.05) is 19.3 Å². The molecule has 1 spiro atoms. The quantitative estimate of drug-likeness (QED) is 0.792. The maximum absolute atomic E-state index is 12.9. The summed E-state index contributed by atoms with van der Waals surface area (Å²) < 4.78 is 1.93. The second kappa shape index (κ2) is 7.60. The van der Waals surface area contributed by atoms with Gasteiger partial charge in [-0.3, -0.25) is 14.7 Å². The van der Waals surface area contributed by atoms with Gasteiger partial charge >= 0.3 is 0 Å². The molecular weight excluding hydrogens is 360 g/mol. The summed E-state index contributed by atoms with van der Waals surface area (Å²) in [5, 5.41) is 0. The maximum atomic E-state index is 12.9. The van der Waals surface area contributed by atoms with Gasteiger partial charge in [-0.2, -0.15) is 0 Å². The van der Waals surface area contributed by atoms with Crippen LogP contribution in [0.15, 0.2) is 42.9 Å². The van der Waals surface area contributed by atoms with Gasteiger partial charge in [0.25, 0.3) is 5.91 Å². The average molecular weight is 393 g/mol. The molecule has 1 amide bonds. The van der Waals surface area contributed by atoms with Crippen molar-refractivity contribution in [3.8, 4) is 0 Å². The number of likely N-dealkylation sites (tertiary alicyclic amines) is 2. The summed E-state index contributed by atoms with van der Waals surface area (Å²) >= 11 is 0. The predicted molar refractivity (Wildman–Crippen MR) is 114 cm³/mol. The second-order valence-electron chi connectivity index (χ2n) is 9.31. The Labute approximate surface area is 173 Å². The van der Waals surface area contributed by atoms with Crippen LogP contribution in [0.25, 0.3) is 0 Å². The molecule has 1 unspecified atom stereocenters. The van der Waals surface area contributed by atoms with E-state index in [0.717, 1.165) is 31.6 Å². The van der Waals surface area contributed by atoms with E-state index in [4.69, 9.17) is 0 Å². The van der Waals surface area contributed by atoms with Crippen molar-refractivity contribution in [1.82, 2.24) is 19.4 Å². The minimum Gasteiger partial charge on any atom is -0.347 e. The molecule has 1 aliphatic carbocycles. The summed E-state index contributed by atoms with van der Waals surface area (Å²) in [4.78, 5) is 21.9. The van der Waals surface area contributed by atoms with Crippen LogP contribution in [0, 0.1) is 5.41 Å². The Bertz CT molecular complexity index is 847. The third-order valence-electron chi connectivity index (χ3n) is 7.66. The summed E-state index contributed by atoms with van der Waals surface area (Å²) in [6.07, 6.45) is 14.9. The van der Waals surface area contributed by atoms with Gasteiger partial charge in [0.1, 0.15) is 5.69 Å². The molecule has 29 heavy (non-hydrogen) atoms. The molecule has 2 aromatic heterocycles.